The van der Waals surface area contributed by atoms with Gasteiger partial charge in [-0.2, -0.15) is 0 Å². The number of carbonyl (C=O) groups is 1. The van der Waals surface area contributed by atoms with Crippen molar-refractivity contribution in [1.29, 1.82) is 0 Å². The summed E-state index contributed by atoms with van der Waals surface area (Å²) in [6, 6.07) is 0.640. The molecule has 0 unspecified atom stereocenters. The van der Waals surface area contributed by atoms with Gasteiger partial charge in [-0.05, 0) is 32.5 Å². The molecule has 0 bridgehead atoms. The third-order valence-electron chi connectivity index (χ3n) is 3.06. The first kappa shape index (κ1) is 12.5. The molecule has 1 heterocycles. The standard InChI is InChI=1S/C11H22N2O2/c1-3-13(9-6-11(14)15-2)10-4-7-12-8-5-10/h10,12H,3-9H2,1-2H3. The smallest absolute Gasteiger partial charge is 0.306 e. The highest BCUT2D eigenvalue weighted by atomic mass is 16.5. The second-order valence-electron chi connectivity index (χ2n) is 3.94. The molecule has 1 fully saturated rings. The molecular weight excluding hydrogens is 192 g/mol. The summed E-state index contributed by atoms with van der Waals surface area (Å²) in [6.07, 6.45) is 2.89. The molecule has 0 aliphatic carbocycles. The fourth-order valence-corrected chi connectivity index (χ4v) is 2.11. The molecule has 4 nitrogen and oxygen atoms in total. The Morgan fingerprint density at radius 2 is 2.13 bits per heavy atom. The summed E-state index contributed by atoms with van der Waals surface area (Å²) in [5.74, 6) is -0.109. The van der Waals surface area contributed by atoms with Crippen molar-refractivity contribution in [2.45, 2.75) is 32.2 Å². The average molecular weight is 214 g/mol. The largest absolute Gasteiger partial charge is 0.469 e. The van der Waals surface area contributed by atoms with E-state index in [4.69, 9.17) is 0 Å². The Labute approximate surface area is 92.0 Å². The van der Waals surface area contributed by atoms with Gasteiger partial charge in [0.1, 0.15) is 0 Å². The summed E-state index contributed by atoms with van der Waals surface area (Å²) in [6.45, 7) is 6.19. The van der Waals surface area contributed by atoms with Crippen molar-refractivity contribution in [3.05, 3.63) is 0 Å². The number of nitrogens with zero attached hydrogens (tertiary/aromatic N) is 1. The molecule has 88 valence electrons. The minimum atomic E-state index is -0.109. The van der Waals surface area contributed by atoms with Gasteiger partial charge in [0.05, 0.1) is 13.5 Å². The van der Waals surface area contributed by atoms with Gasteiger partial charge in [-0.25, -0.2) is 0 Å². The lowest BCUT2D eigenvalue weighted by atomic mass is 10.0. The fraction of sp³-hybridized carbons (Fsp3) is 0.909. The van der Waals surface area contributed by atoms with Crippen LogP contribution in [-0.2, 0) is 9.53 Å². The van der Waals surface area contributed by atoms with E-state index >= 15 is 0 Å². The first-order valence-electron chi connectivity index (χ1n) is 5.79. The monoisotopic (exact) mass is 214 g/mol. The lowest BCUT2D eigenvalue weighted by molar-refractivity contribution is -0.141. The van der Waals surface area contributed by atoms with Gasteiger partial charge in [-0.15, -0.1) is 0 Å². The number of hydrogen-bond acceptors (Lipinski definition) is 4. The van der Waals surface area contributed by atoms with E-state index in [1.807, 2.05) is 0 Å². The van der Waals surface area contributed by atoms with Crippen molar-refractivity contribution in [2.24, 2.45) is 0 Å². The third-order valence-corrected chi connectivity index (χ3v) is 3.06. The first-order valence-corrected chi connectivity index (χ1v) is 5.79. The van der Waals surface area contributed by atoms with Crippen LogP contribution >= 0.6 is 0 Å². The molecule has 0 amide bonds. The van der Waals surface area contributed by atoms with Crippen LogP contribution in [-0.4, -0.2) is 50.2 Å². The maximum Gasteiger partial charge on any atom is 0.306 e. The van der Waals surface area contributed by atoms with Crippen LogP contribution in [0.3, 0.4) is 0 Å². The van der Waals surface area contributed by atoms with Gasteiger partial charge in [-0.1, -0.05) is 6.92 Å². The average Bonchev–Trinajstić information content (AvgIpc) is 2.31. The normalized spacial score (nSPS) is 18.1. The molecule has 0 atom stereocenters. The highest BCUT2D eigenvalue weighted by Gasteiger charge is 2.19. The first-order chi connectivity index (χ1) is 7.27. The molecule has 1 aliphatic rings. The second-order valence-corrected chi connectivity index (χ2v) is 3.94. The van der Waals surface area contributed by atoms with Crippen molar-refractivity contribution in [3.63, 3.8) is 0 Å². The quantitative estimate of drug-likeness (QED) is 0.681. The van der Waals surface area contributed by atoms with E-state index in [1.165, 1.54) is 20.0 Å². The molecule has 0 spiro atoms. The van der Waals surface area contributed by atoms with Crippen LogP contribution in [0, 0.1) is 0 Å². The fourth-order valence-electron chi connectivity index (χ4n) is 2.11. The van der Waals surface area contributed by atoms with Gasteiger partial charge in [0.25, 0.3) is 0 Å². The maximum atomic E-state index is 11.1. The van der Waals surface area contributed by atoms with E-state index in [9.17, 15) is 4.79 Å². The highest BCUT2D eigenvalue weighted by molar-refractivity contribution is 5.69. The number of methoxy groups -OCH3 is 1. The van der Waals surface area contributed by atoms with Gasteiger partial charge in [0.2, 0.25) is 0 Å². The van der Waals surface area contributed by atoms with Crippen LogP contribution in [0.2, 0.25) is 0 Å². The summed E-state index contributed by atoms with van der Waals surface area (Å²) in [5, 5.41) is 3.35. The Kier molecular flexibility index (Phi) is 5.65. The van der Waals surface area contributed by atoms with Gasteiger partial charge in [-0.3, -0.25) is 9.69 Å². The topological polar surface area (TPSA) is 41.6 Å². The molecule has 4 heteroatoms. The lowest BCUT2D eigenvalue weighted by Gasteiger charge is -2.33. The zero-order chi connectivity index (χ0) is 11.1. The molecule has 1 N–H and O–H groups in total. The molecule has 0 aromatic heterocycles. The Hall–Kier alpha value is -0.610. The molecule has 1 aliphatic heterocycles. The number of ether oxygens (including phenoxy) is 1. The Bertz CT molecular complexity index is 191. The minimum absolute atomic E-state index is 0.109. The number of hydrogen-bond donors (Lipinski definition) is 1. The van der Waals surface area contributed by atoms with Crippen LogP contribution in [0.15, 0.2) is 0 Å². The van der Waals surface area contributed by atoms with Gasteiger partial charge in [0, 0.05) is 12.6 Å². The lowest BCUT2D eigenvalue weighted by Crippen LogP contribution is -2.43. The predicted molar refractivity (Wildman–Crippen MR) is 59.8 cm³/mol. The van der Waals surface area contributed by atoms with Gasteiger partial charge >= 0.3 is 5.97 Å². The van der Waals surface area contributed by atoms with Crippen molar-refractivity contribution in [2.75, 3.05) is 33.3 Å². The summed E-state index contributed by atoms with van der Waals surface area (Å²) < 4.78 is 4.65. The summed E-state index contributed by atoms with van der Waals surface area (Å²) in [5.41, 5.74) is 0. The van der Waals surface area contributed by atoms with Crippen molar-refractivity contribution < 1.29 is 9.53 Å². The molecule has 15 heavy (non-hydrogen) atoms. The summed E-state index contributed by atoms with van der Waals surface area (Å²) >= 11 is 0. The van der Waals surface area contributed by atoms with E-state index in [-0.39, 0.29) is 5.97 Å². The Balaban J connectivity index is 2.30. The maximum absolute atomic E-state index is 11.1. The predicted octanol–water partition coefficient (Wildman–Crippen LogP) is 0.623. The van der Waals surface area contributed by atoms with E-state index in [2.05, 4.69) is 21.9 Å². The summed E-state index contributed by atoms with van der Waals surface area (Å²) in [7, 11) is 1.45. The number of carbonyl (C=O) groups excluding carboxylic acids is 1. The molecule has 0 aromatic carbocycles. The minimum Gasteiger partial charge on any atom is -0.469 e. The zero-order valence-corrected chi connectivity index (χ0v) is 9.79. The summed E-state index contributed by atoms with van der Waals surface area (Å²) in [4.78, 5) is 13.4. The number of nitrogens with one attached hydrogen (secondary N) is 1. The number of esters is 1. The zero-order valence-electron chi connectivity index (χ0n) is 9.79. The van der Waals surface area contributed by atoms with Crippen molar-refractivity contribution in [3.8, 4) is 0 Å². The van der Waals surface area contributed by atoms with Crippen LogP contribution in [0.1, 0.15) is 26.2 Å². The SMILES string of the molecule is CCN(CCC(=O)OC)C1CCNCC1. The number of piperidine rings is 1. The molecule has 1 rings (SSSR count). The Morgan fingerprint density at radius 1 is 1.47 bits per heavy atom. The number of rotatable bonds is 5. The third kappa shape index (κ3) is 4.18. The van der Waals surface area contributed by atoms with E-state index in [1.54, 1.807) is 0 Å². The van der Waals surface area contributed by atoms with Crippen molar-refractivity contribution >= 4 is 5.97 Å². The molecule has 0 saturated carbocycles. The van der Waals surface area contributed by atoms with E-state index in [0.717, 1.165) is 26.2 Å². The van der Waals surface area contributed by atoms with Crippen molar-refractivity contribution in [1.82, 2.24) is 10.2 Å². The van der Waals surface area contributed by atoms with E-state index in [0.29, 0.717) is 12.5 Å². The van der Waals surface area contributed by atoms with Crippen LogP contribution in [0.4, 0.5) is 0 Å². The van der Waals surface area contributed by atoms with E-state index < -0.39 is 0 Å². The van der Waals surface area contributed by atoms with Gasteiger partial charge < -0.3 is 10.1 Å². The van der Waals surface area contributed by atoms with Crippen LogP contribution < -0.4 is 5.32 Å². The molecular formula is C11H22N2O2. The van der Waals surface area contributed by atoms with Crippen LogP contribution in [0.5, 0.6) is 0 Å². The van der Waals surface area contributed by atoms with Crippen LogP contribution in [0.25, 0.3) is 0 Å². The van der Waals surface area contributed by atoms with Gasteiger partial charge in [0.15, 0.2) is 0 Å². The molecule has 1 saturated heterocycles. The molecule has 0 aromatic rings. The highest BCUT2D eigenvalue weighted by Crippen LogP contribution is 2.11. The molecule has 0 radical (unpaired) electrons. The second kappa shape index (κ2) is 6.80. The Morgan fingerprint density at radius 3 is 2.67 bits per heavy atom.